The summed E-state index contributed by atoms with van der Waals surface area (Å²) in [7, 11) is 0. The van der Waals surface area contributed by atoms with Gasteiger partial charge in [0.2, 0.25) is 0 Å². The van der Waals surface area contributed by atoms with Crippen LogP contribution in [0.5, 0.6) is 0 Å². The van der Waals surface area contributed by atoms with Gasteiger partial charge in [-0.05, 0) is 25.7 Å². The summed E-state index contributed by atoms with van der Waals surface area (Å²) in [5.74, 6) is -4.76. The molecule has 7 nitrogen and oxygen atoms in total. The second kappa shape index (κ2) is 11.2. The Morgan fingerprint density at radius 3 is 1.39 bits per heavy atom. The van der Waals surface area contributed by atoms with Crippen molar-refractivity contribution in [2.45, 2.75) is 52.4 Å². The maximum absolute atomic E-state index is 11.5. The van der Waals surface area contributed by atoms with Gasteiger partial charge in [-0.15, -0.1) is 0 Å². The van der Waals surface area contributed by atoms with Gasteiger partial charge in [0.05, 0.1) is 0 Å². The highest BCUT2D eigenvalue weighted by Crippen LogP contribution is 2.10. The Labute approximate surface area is 134 Å². The lowest BCUT2D eigenvalue weighted by Crippen LogP contribution is -2.13. The molecule has 0 aromatic heterocycles. The van der Waals surface area contributed by atoms with Gasteiger partial charge in [-0.1, -0.05) is 26.7 Å². The van der Waals surface area contributed by atoms with Gasteiger partial charge < -0.3 is 14.9 Å². The minimum Gasteiger partial charge on any atom is -0.478 e. The molecule has 0 amide bonds. The van der Waals surface area contributed by atoms with E-state index in [0.29, 0.717) is 12.8 Å². The highest BCUT2D eigenvalue weighted by atomic mass is 16.6. The number of carboxylic acid groups (broad SMARTS) is 2. The summed E-state index contributed by atoms with van der Waals surface area (Å²) in [6.07, 6.45) is 4.52. The van der Waals surface area contributed by atoms with Gasteiger partial charge in [-0.2, -0.15) is 0 Å². The molecule has 0 bridgehead atoms. The fourth-order valence-corrected chi connectivity index (χ4v) is 1.66. The van der Waals surface area contributed by atoms with Crippen LogP contribution >= 0.6 is 0 Å². The molecule has 128 valence electrons. The monoisotopic (exact) mass is 326 g/mol. The van der Waals surface area contributed by atoms with Crippen molar-refractivity contribution in [1.29, 1.82) is 0 Å². The molecule has 23 heavy (non-hydrogen) atoms. The van der Waals surface area contributed by atoms with Crippen LogP contribution in [0.3, 0.4) is 0 Å². The number of unbranched alkanes of at least 4 members (excludes halogenated alkanes) is 2. The van der Waals surface area contributed by atoms with Crippen molar-refractivity contribution in [1.82, 2.24) is 0 Å². The normalized spacial score (nSPS) is 11.9. The molecule has 0 aromatic carbocycles. The van der Waals surface area contributed by atoms with E-state index in [-0.39, 0.29) is 24.0 Å². The van der Waals surface area contributed by atoms with Gasteiger partial charge in [-0.25, -0.2) is 19.2 Å². The quantitative estimate of drug-likeness (QED) is 0.359. The molecule has 0 saturated heterocycles. The van der Waals surface area contributed by atoms with E-state index in [1.165, 1.54) is 0 Å². The molecular formula is C16H22O7. The minimum absolute atomic E-state index is 0.155. The second-order valence-corrected chi connectivity index (χ2v) is 4.90. The van der Waals surface area contributed by atoms with Crippen molar-refractivity contribution in [2.75, 3.05) is 0 Å². The first-order valence-electron chi connectivity index (χ1n) is 7.45. The van der Waals surface area contributed by atoms with Gasteiger partial charge in [0, 0.05) is 23.3 Å². The molecule has 2 N–H and O–H groups in total. The molecule has 0 aliphatic carbocycles. The fourth-order valence-electron chi connectivity index (χ4n) is 1.66. The summed E-state index contributed by atoms with van der Waals surface area (Å²) >= 11 is 0. The van der Waals surface area contributed by atoms with Gasteiger partial charge in [0.25, 0.3) is 0 Å². The molecule has 0 heterocycles. The zero-order valence-corrected chi connectivity index (χ0v) is 13.3. The van der Waals surface area contributed by atoms with E-state index >= 15 is 0 Å². The second-order valence-electron chi connectivity index (χ2n) is 4.90. The Morgan fingerprint density at radius 1 is 0.783 bits per heavy atom. The van der Waals surface area contributed by atoms with Crippen LogP contribution in [-0.2, 0) is 23.9 Å². The lowest BCUT2D eigenvalue weighted by Gasteiger charge is -2.02. The zero-order valence-electron chi connectivity index (χ0n) is 13.3. The minimum atomic E-state index is -1.26. The van der Waals surface area contributed by atoms with Crippen molar-refractivity contribution >= 4 is 23.9 Å². The number of hydrogen-bond donors (Lipinski definition) is 2. The van der Waals surface area contributed by atoms with Crippen LogP contribution in [0.15, 0.2) is 23.3 Å². The van der Waals surface area contributed by atoms with E-state index < -0.39 is 23.9 Å². The molecule has 0 unspecified atom stereocenters. The van der Waals surface area contributed by atoms with Gasteiger partial charge in [-0.3, -0.25) is 0 Å². The van der Waals surface area contributed by atoms with Crippen LogP contribution in [0, 0.1) is 0 Å². The molecular weight excluding hydrogens is 304 g/mol. The van der Waals surface area contributed by atoms with E-state index in [1.54, 1.807) is 0 Å². The smallest absolute Gasteiger partial charge is 0.339 e. The Hall–Kier alpha value is -2.44. The van der Waals surface area contributed by atoms with Crippen LogP contribution in [0.4, 0.5) is 0 Å². The lowest BCUT2D eigenvalue weighted by molar-refractivity contribution is -0.153. The highest BCUT2D eigenvalue weighted by Gasteiger charge is 2.15. The third-order valence-electron chi connectivity index (χ3n) is 2.93. The number of carbonyl (C=O) groups excluding carboxylic acids is 2. The predicted octanol–water partition coefficient (Wildman–Crippen LogP) is 2.46. The lowest BCUT2D eigenvalue weighted by atomic mass is 10.1. The number of rotatable bonds is 10. The van der Waals surface area contributed by atoms with Crippen molar-refractivity contribution in [2.24, 2.45) is 0 Å². The first-order chi connectivity index (χ1) is 10.8. The molecule has 7 heteroatoms. The summed E-state index contributed by atoms with van der Waals surface area (Å²) in [4.78, 5) is 45.0. The Bertz CT molecular complexity index is 469. The van der Waals surface area contributed by atoms with Crippen LogP contribution in [0.25, 0.3) is 0 Å². The topological polar surface area (TPSA) is 118 Å². The largest absolute Gasteiger partial charge is 0.478 e. The maximum Gasteiger partial charge on any atom is 0.339 e. The molecule has 0 radical (unpaired) electrons. The van der Waals surface area contributed by atoms with Crippen molar-refractivity contribution in [3.63, 3.8) is 0 Å². The number of carboxylic acids is 2. The highest BCUT2D eigenvalue weighted by molar-refractivity contribution is 6.03. The summed E-state index contributed by atoms with van der Waals surface area (Å²) in [6.45, 7) is 3.74. The Kier molecular flexibility index (Phi) is 9.99. The van der Waals surface area contributed by atoms with E-state index in [4.69, 9.17) is 10.2 Å². The van der Waals surface area contributed by atoms with Gasteiger partial charge in [0.1, 0.15) is 0 Å². The number of carbonyl (C=O) groups is 4. The summed E-state index contributed by atoms with van der Waals surface area (Å²) in [6, 6.07) is 0. The third-order valence-corrected chi connectivity index (χ3v) is 2.93. The van der Waals surface area contributed by atoms with Crippen LogP contribution in [-0.4, -0.2) is 34.1 Å². The number of hydrogen-bond acceptors (Lipinski definition) is 5. The molecule has 0 fully saturated rings. The molecule has 0 spiro atoms. The molecule has 0 aliphatic heterocycles. The average molecular weight is 326 g/mol. The third kappa shape index (κ3) is 9.23. The molecule has 0 aromatic rings. The van der Waals surface area contributed by atoms with Crippen LogP contribution < -0.4 is 0 Å². The van der Waals surface area contributed by atoms with E-state index in [1.807, 2.05) is 13.8 Å². The number of ether oxygens (including phenoxy) is 1. The van der Waals surface area contributed by atoms with Crippen molar-refractivity contribution in [3.05, 3.63) is 23.3 Å². The van der Waals surface area contributed by atoms with Gasteiger partial charge >= 0.3 is 23.9 Å². The number of aliphatic carboxylic acids is 2. The predicted molar refractivity (Wildman–Crippen MR) is 81.6 cm³/mol. The standard InChI is InChI=1S/C16H22O7/c1-3-5-7-11(15(19)20)9-13(17)23-14(18)10-12(16(21)22)8-6-4-2/h9-10H,3-8H2,1-2H3,(H,19,20)(H,21,22)/b11-9-,12-10-. The Balaban J connectivity index is 4.88. The fraction of sp³-hybridized carbons (Fsp3) is 0.500. The zero-order chi connectivity index (χ0) is 17.8. The van der Waals surface area contributed by atoms with E-state index in [2.05, 4.69) is 4.74 Å². The molecule has 0 saturated carbocycles. The average Bonchev–Trinajstić information content (AvgIpc) is 2.46. The molecule has 0 rings (SSSR count). The Morgan fingerprint density at radius 2 is 1.13 bits per heavy atom. The number of esters is 2. The van der Waals surface area contributed by atoms with Crippen molar-refractivity contribution < 1.29 is 34.1 Å². The maximum atomic E-state index is 11.5. The summed E-state index contributed by atoms with van der Waals surface area (Å²) < 4.78 is 4.41. The van der Waals surface area contributed by atoms with Crippen LogP contribution in [0.2, 0.25) is 0 Å². The van der Waals surface area contributed by atoms with Gasteiger partial charge in [0.15, 0.2) is 0 Å². The first-order valence-corrected chi connectivity index (χ1v) is 7.45. The molecule has 0 aliphatic rings. The van der Waals surface area contributed by atoms with Crippen LogP contribution in [0.1, 0.15) is 52.4 Å². The SMILES string of the molecule is CCCC/C(=C/C(=O)OC(=O)/C=C(/CCCC)C(=O)O)C(=O)O. The van der Waals surface area contributed by atoms with Crippen molar-refractivity contribution in [3.8, 4) is 0 Å². The first kappa shape index (κ1) is 20.6. The molecule has 0 atom stereocenters. The van der Waals surface area contributed by atoms with E-state index in [0.717, 1.165) is 25.0 Å². The summed E-state index contributed by atoms with van der Waals surface area (Å²) in [5.41, 5.74) is -0.309. The van der Waals surface area contributed by atoms with E-state index in [9.17, 15) is 19.2 Å². The summed E-state index contributed by atoms with van der Waals surface area (Å²) in [5, 5.41) is 17.9.